The van der Waals surface area contributed by atoms with Crippen molar-refractivity contribution in [2.45, 2.75) is 32.5 Å². The third kappa shape index (κ3) is 7.25. The third-order valence-corrected chi connectivity index (χ3v) is 5.04. The molecule has 1 rings (SSSR count). The van der Waals surface area contributed by atoms with Gasteiger partial charge in [0.15, 0.2) is 0 Å². The summed E-state index contributed by atoms with van der Waals surface area (Å²) >= 11 is 0. The fraction of sp³-hybridized carbons (Fsp3) is 0.667. The molecule has 0 aromatic carbocycles. The lowest BCUT2D eigenvalue weighted by molar-refractivity contribution is -0.0876. The summed E-state index contributed by atoms with van der Waals surface area (Å²) in [5, 5.41) is 13.0. The molecule has 1 aromatic heterocycles. The van der Waals surface area contributed by atoms with Gasteiger partial charge in [-0.3, -0.25) is 4.57 Å². The van der Waals surface area contributed by atoms with Crippen molar-refractivity contribution >= 4 is 7.37 Å². The summed E-state index contributed by atoms with van der Waals surface area (Å²) < 4.78 is 27.7. The summed E-state index contributed by atoms with van der Waals surface area (Å²) in [7, 11) is -2.24. The number of hydrogen-bond donors (Lipinski definition) is 3. The van der Waals surface area contributed by atoms with Gasteiger partial charge in [-0.2, -0.15) is 0 Å². The van der Waals surface area contributed by atoms with E-state index in [4.69, 9.17) is 14.2 Å². The van der Waals surface area contributed by atoms with Crippen molar-refractivity contribution in [2.75, 3.05) is 33.0 Å². The molecule has 0 aliphatic heterocycles. The zero-order valence-electron chi connectivity index (χ0n) is 14.3. The molecule has 0 saturated carbocycles. The predicted molar refractivity (Wildman–Crippen MR) is 90.2 cm³/mol. The van der Waals surface area contributed by atoms with E-state index in [9.17, 15) is 14.6 Å². The van der Waals surface area contributed by atoms with Crippen LogP contribution in [0.5, 0.6) is 5.88 Å². The van der Waals surface area contributed by atoms with Crippen LogP contribution in [0, 0.1) is 0 Å². The zero-order valence-corrected chi connectivity index (χ0v) is 15.2. The minimum absolute atomic E-state index is 0.167. The summed E-state index contributed by atoms with van der Waals surface area (Å²) in [5.41, 5.74) is 0.933. The molecule has 138 valence electrons. The quantitative estimate of drug-likeness (QED) is 0.375. The Kier molecular flexibility index (Phi) is 9.43. The van der Waals surface area contributed by atoms with E-state index in [1.807, 2.05) is 6.07 Å². The van der Waals surface area contributed by atoms with E-state index in [0.29, 0.717) is 12.4 Å². The highest BCUT2D eigenvalue weighted by atomic mass is 31.2. The summed E-state index contributed by atoms with van der Waals surface area (Å²) in [4.78, 5) is 14.1. The standard InChI is InChI=1S/C15H27N2O6P/c1-4-22-15(23-5-2)24(19,20)11-13(18)10-16-9-12-6-7-17-14(8-12)21-3/h6-8,13,15-16,18H,4-5,9-11H2,1-3H3,(H,19,20)/t13-/m0/s1. The topological polar surface area (TPSA) is 110 Å². The van der Waals surface area contributed by atoms with Crippen LogP contribution in [0.1, 0.15) is 19.4 Å². The largest absolute Gasteiger partial charge is 0.481 e. The Morgan fingerprint density at radius 1 is 1.33 bits per heavy atom. The molecule has 0 amide bonds. The van der Waals surface area contributed by atoms with Gasteiger partial charge in [-0.1, -0.05) is 0 Å². The Bertz CT molecular complexity index is 524. The molecule has 9 heteroatoms. The number of aromatic nitrogens is 1. The maximum Gasteiger partial charge on any atom is 0.257 e. The summed E-state index contributed by atoms with van der Waals surface area (Å²) in [6, 6.07) is 2.39. The third-order valence-electron chi connectivity index (χ3n) is 3.14. The predicted octanol–water partition coefficient (Wildman–Crippen LogP) is 1.17. The SMILES string of the molecule is CCOC(OCC)P(=O)(O)C[C@@H](O)CNCc1ccnc(OC)c1. The second-order valence-corrected chi connectivity index (χ2v) is 7.45. The highest BCUT2D eigenvalue weighted by Crippen LogP contribution is 2.47. The minimum Gasteiger partial charge on any atom is -0.481 e. The summed E-state index contributed by atoms with van der Waals surface area (Å²) in [6.45, 7) is 4.59. The highest BCUT2D eigenvalue weighted by Gasteiger charge is 2.34. The normalized spacial score (nSPS) is 15.2. The van der Waals surface area contributed by atoms with E-state index < -0.39 is 19.5 Å². The lowest BCUT2D eigenvalue weighted by Crippen LogP contribution is -2.31. The summed E-state index contributed by atoms with van der Waals surface area (Å²) in [6.07, 6.45) is 0.334. The van der Waals surface area contributed by atoms with Crippen LogP contribution in [0.25, 0.3) is 0 Å². The number of nitrogens with one attached hydrogen (secondary N) is 1. The second-order valence-electron chi connectivity index (χ2n) is 5.15. The van der Waals surface area contributed by atoms with Crippen LogP contribution >= 0.6 is 7.37 Å². The van der Waals surface area contributed by atoms with Crippen molar-refractivity contribution in [3.05, 3.63) is 23.9 Å². The van der Waals surface area contributed by atoms with Gasteiger partial charge in [-0.05, 0) is 25.5 Å². The number of pyridine rings is 1. The molecule has 0 radical (unpaired) electrons. The minimum atomic E-state index is -3.78. The number of ether oxygens (including phenoxy) is 3. The number of methoxy groups -OCH3 is 1. The monoisotopic (exact) mass is 362 g/mol. The van der Waals surface area contributed by atoms with Crippen LogP contribution in [0.2, 0.25) is 0 Å². The first-order valence-corrected chi connectivity index (χ1v) is 9.76. The van der Waals surface area contributed by atoms with E-state index >= 15 is 0 Å². The van der Waals surface area contributed by atoms with Crippen LogP contribution in [0.4, 0.5) is 0 Å². The molecule has 0 aliphatic rings. The van der Waals surface area contributed by atoms with Gasteiger partial charge in [-0.25, -0.2) is 4.98 Å². The van der Waals surface area contributed by atoms with Gasteiger partial charge in [0.05, 0.1) is 19.4 Å². The molecular weight excluding hydrogens is 335 g/mol. The van der Waals surface area contributed by atoms with E-state index in [-0.39, 0.29) is 25.9 Å². The molecule has 0 saturated heterocycles. The lowest BCUT2D eigenvalue weighted by atomic mass is 10.2. The molecule has 1 aromatic rings. The molecule has 1 unspecified atom stereocenters. The van der Waals surface area contributed by atoms with Gasteiger partial charge < -0.3 is 29.5 Å². The maximum absolute atomic E-state index is 12.3. The molecule has 0 spiro atoms. The van der Waals surface area contributed by atoms with Crippen molar-refractivity contribution in [2.24, 2.45) is 0 Å². The molecule has 8 nitrogen and oxygen atoms in total. The number of hydrogen-bond acceptors (Lipinski definition) is 7. The van der Waals surface area contributed by atoms with Gasteiger partial charge in [0.2, 0.25) is 11.9 Å². The first-order valence-electron chi connectivity index (χ1n) is 7.85. The Balaban J connectivity index is 2.46. The first-order chi connectivity index (χ1) is 11.4. The van der Waals surface area contributed by atoms with Gasteiger partial charge >= 0.3 is 0 Å². The molecule has 0 aliphatic carbocycles. The van der Waals surface area contributed by atoms with Gasteiger partial charge in [-0.15, -0.1) is 0 Å². The van der Waals surface area contributed by atoms with Crippen LogP contribution in [0.15, 0.2) is 18.3 Å². The Hall–Kier alpha value is -1.02. The molecule has 2 atom stereocenters. The smallest absolute Gasteiger partial charge is 0.257 e. The fourth-order valence-electron chi connectivity index (χ4n) is 2.07. The lowest BCUT2D eigenvalue weighted by Gasteiger charge is -2.24. The van der Waals surface area contributed by atoms with E-state index in [1.54, 1.807) is 26.1 Å². The molecule has 1 heterocycles. The molecule has 0 fully saturated rings. The first kappa shape index (κ1) is 21.0. The molecule has 3 N–H and O–H groups in total. The maximum atomic E-state index is 12.3. The van der Waals surface area contributed by atoms with E-state index in [1.165, 1.54) is 7.11 Å². The number of aliphatic hydroxyl groups excluding tert-OH is 1. The van der Waals surface area contributed by atoms with Gasteiger partial charge in [0.1, 0.15) is 0 Å². The highest BCUT2D eigenvalue weighted by molar-refractivity contribution is 7.58. The van der Waals surface area contributed by atoms with E-state index in [0.717, 1.165) is 5.56 Å². The van der Waals surface area contributed by atoms with Crippen molar-refractivity contribution in [1.82, 2.24) is 10.3 Å². The Morgan fingerprint density at radius 2 is 2.00 bits per heavy atom. The van der Waals surface area contributed by atoms with Crippen LogP contribution < -0.4 is 10.1 Å². The zero-order chi connectivity index (χ0) is 18.0. The van der Waals surface area contributed by atoms with Crippen molar-refractivity contribution in [1.29, 1.82) is 0 Å². The number of aliphatic hydroxyl groups is 1. The molecule has 24 heavy (non-hydrogen) atoms. The molecular formula is C15H27N2O6P. The average Bonchev–Trinajstić information content (AvgIpc) is 2.54. The van der Waals surface area contributed by atoms with Crippen molar-refractivity contribution in [3.63, 3.8) is 0 Å². The van der Waals surface area contributed by atoms with E-state index in [2.05, 4.69) is 10.3 Å². The van der Waals surface area contributed by atoms with Crippen LogP contribution in [-0.2, 0) is 20.6 Å². The number of nitrogens with zero attached hydrogens (tertiary/aromatic N) is 1. The van der Waals surface area contributed by atoms with Crippen molar-refractivity contribution in [3.8, 4) is 5.88 Å². The Labute approximate surface area is 142 Å². The van der Waals surface area contributed by atoms with Crippen LogP contribution in [-0.4, -0.2) is 60.1 Å². The average molecular weight is 362 g/mol. The second kappa shape index (κ2) is 10.8. The Morgan fingerprint density at radius 3 is 2.58 bits per heavy atom. The fourth-order valence-corrected chi connectivity index (χ4v) is 3.74. The van der Waals surface area contributed by atoms with Crippen molar-refractivity contribution < 1.29 is 28.8 Å². The van der Waals surface area contributed by atoms with Gasteiger partial charge in [0.25, 0.3) is 7.37 Å². The summed E-state index contributed by atoms with van der Waals surface area (Å²) in [5.74, 6) is 0.506. The van der Waals surface area contributed by atoms with Gasteiger partial charge in [0, 0.05) is 38.6 Å². The molecule has 0 bridgehead atoms. The van der Waals surface area contributed by atoms with Crippen LogP contribution in [0.3, 0.4) is 0 Å². The number of rotatable bonds is 12.